The fourth-order valence-electron chi connectivity index (χ4n) is 3.86. The molecule has 0 rings (SSSR count). The summed E-state index contributed by atoms with van der Waals surface area (Å²) in [6, 6.07) is 1.77. The first kappa shape index (κ1) is 41.0. The summed E-state index contributed by atoms with van der Waals surface area (Å²) < 4.78 is 12.0. The molecule has 2 N–H and O–H groups in total. The van der Waals surface area contributed by atoms with Crippen LogP contribution >= 0.6 is 0 Å². The summed E-state index contributed by atoms with van der Waals surface area (Å²) in [4.78, 5) is 0. The Hall–Kier alpha value is 1.74. The van der Waals surface area contributed by atoms with Crippen molar-refractivity contribution >= 4 is 16.6 Å². The summed E-state index contributed by atoms with van der Waals surface area (Å²) in [7, 11) is -3.32. The molecule has 0 fully saturated rings. The Labute approximate surface area is 216 Å². The van der Waals surface area contributed by atoms with E-state index in [1.165, 1.54) is 0 Å². The first-order chi connectivity index (χ1) is 10.8. The van der Waals surface area contributed by atoms with Gasteiger partial charge in [-0.2, -0.15) is 0 Å². The van der Waals surface area contributed by atoms with Crippen molar-refractivity contribution in [3.8, 4) is 0 Å². The topological polar surface area (TPSA) is 66.1 Å². The molecule has 0 atom stereocenters. The molecule has 0 aliphatic rings. The average molecular weight is 567 g/mol. The second-order valence-corrected chi connectivity index (χ2v) is 20.2. The Kier molecular flexibility index (Phi) is 19.9. The van der Waals surface area contributed by atoms with Crippen LogP contribution in [0.3, 0.4) is 0 Å². The van der Waals surface area contributed by atoms with E-state index in [-0.39, 0.29) is 73.3 Å². The van der Waals surface area contributed by atoms with Crippen LogP contribution in [0.15, 0.2) is 0 Å². The summed E-state index contributed by atoms with van der Waals surface area (Å²) in [5, 5.41) is 0. The molecule has 0 amide bonds. The van der Waals surface area contributed by atoms with Gasteiger partial charge in [-0.05, 0) is 79.8 Å². The molecule has 0 aromatic rings. The van der Waals surface area contributed by atoms with Crippen LogP contribution in [-0.2, 0) is 35.1 Å². The van der Waals surface area contributed by atoms with Gasteiger partial charge >= 0.3 is 26.2 Å². The molecule has 0 saturated heterocycles. The predicted molar refractivity (Wildman–Crippen MR) is 123 cm³/mol. The van der Waals surface area contributed by atoms with Crippen molar-refractivity contribution in [3.63, 3.8) is 0 Å². The summed E-state index contributed by atoms with van der Waals surface area (Å²) >= 11 is 0. The third kappa shape index (κ3) is 34.5. The Morgan fingerprint density at radius 1 is 0.552 bits per heavy atom. The molecule has 0 heterocycles. The zero-order valence-electron chi connectivity index (χ0n) is 21.5. The molecule has 0 aliphatic carbocycles. The molecule has 9 heteroatoms. The average Bonchev–Trinajstić information content (AvgIpc) is 1.97. The van der Waals surface area contributed by atoms with Gasteiger partial charge in [0.15, 0.2) is 16.6 Å². The second-order valence-electron chi connectivity index (χ2n) is 12.1. The summed E-state index contributed by atoms with van der Waals surface area (Å²) in [6.07, 6.45) is 0. The normalized spacial score (nSPS) is 13.2. The Bertz CT molecular complexity index is 350. The number of rotatable bonds is 6. The van der Waals surface area contributed by atoms with Crippen LogP contribution < -0.4 is 24.8 Å². The van der Waals surface area contributed by atoms with E-state index in [0.29, 0.717) is 0 Å². The fourth-order valence-corrected chi connectivity index (χ4v) is 11.6. The van der Waals surface area contributed by atoms with Crippen molar-refractivity contribution in [2.45, 2.75) is 130 Å². The van der Waals surface area contributed by atoms with Crippen molar-refractivity contribution in [2.24, 2.45) is 0 Å². The van der Waals surface area contributed by atoms with Gasteiger partial charge in [-0.1, -0.05) is 27.7 Å². The van der Waals surface area contributed by atoms with E-state index in [9.17, 15) is 0 Å². The van der Waals surface area contributed by atoms with Crippen LogP contribution in [0, 0.1) is 0 Å². The third-order valence-corrected chi connectivity index (χ3v) is 8.70. The van der Waals surface area contributed by atoms with E-state index < -0.39 is 16.6 Å². The van der Waals surface area contributed by atoms with Crippen LogP contribution in [0.1, 0.15) is 69.2 Å². The van der Waals surface area contributed by atoms with Crippen LogP contribution in [-0.4, -0.2) is 38.9 Å². The van der Waals surface area contributed by atoms with Crippen molar-refractivity contribution in [2.75, 3.05) is 0 Å². The molecule has 0 bridgehead atoms. The van der Waals surface area contributed by atoms with E-state index in [1.54, 1.807) is 0 Å². The molecule has 0 saturated carbocycles. The quantitative estimate of drug-likeness (QED) is 0.460. The Morgan fingerprint density at radius 2 is 0.724 bits per heavy atom. The number of nitrogens with one attached hydrogen (secondary N) is 2. The Morgan fingerprint density at radius 3 is 0.828 bits per heavy atom. The zero-order chi connectivity index (χ0) is 21.8. The van der Waals surface area contributed by atoms with E-state index in [4.69, 9.17) is 20.3 Å². The molecule has 0 aliphatic heterocycles. The summed E-state index contributed by atoms with van der Waals surface area (Å²) in [5.41, 5.74) is 14.8. The maximum Gasteiger partial charge on any atom is 4.00 e. The summed E-state index contributed by atoms with van der Waals surface area (Å²) in [5.74, 6) is 0. The number of hydrogen-bond acceptors (Lipinski definition) is 2. The van der Waals surface area contributed by atoms with Crippen LogP contribution in [0.5, 0.6) is 0 Å². The van der Waals surface area contributed by atoms with E-state index >= 15 is 0 Å². The molecular formula is C20H48Cl2N2O2Si2Zr. The van der Waals surface area contributed by atoms with Gasteiger partial charge in [0.05, 0.1) is 0 Å². The molecule has 29 heavy (non-hydrogen) atoms. The van der Waals surface area contributed by atoms with Gasteiger partial charge in [-0.3, -0.25) is 0 Å². The smallest absolute Gasteiger partial charge is 1.00 e. The molecule has 176 valence electrons. The predicted octanol–water partition coefficient (Wildman–Crippen LogP) is 1.68. The first-order valence-corrected chi connectivity index (χ1v) is 16.0. The van der Waals surface area contributed by atoms with Crippen LogP contribution in [0.4, 0.5) is 0 Å². The van der Waals surface area contributed by atoms with Crippen LogP contribution in [0.25, 0.3) is 11.5 Å². The molecule has 0 unspecified atom stereocenters. The minimum Gasteiger partial charge on any atom is -1.00 e. The fraction of sp³-hybridized carbons (Fsp3) is 1.00. The van der Waals surface area contributed by atoms with Gasteiger partial charge in [-0.15, -0.1) is 11.1 Å². The Balaban J connectivity index is -0.000000120. The van der Waals surface area contributed by atoms with Gasteiger partial charge < -0.3 is 45.1 Å². The van der Waals surface area contributed by atoms with E-state index in [2.05, 4.69) is 67.7 Å². The molecular weight excluding hydrogens is 519 g/mol. The van der Waals surface area contributed by atoms with Gasteiger partial charge in [0.1, 0.15) is 0 Å². The first-order valence-electron chi connectivity index (χ1n) is 9.73. The van der Waals surface area contributed by atoms with Gasteiger partial charge in [0.2, 0.25) is 0 Å². The zero-order valence-corrected chi connectivity index (χ0v) is 27.5. The van der Waals surface area contributed by atoms with E-state index in [0.717, 1.165) is 12.1 Å². The standard InChI is InChI=1S/2C10H24NOSi.2ClH.Zr/c2*1-9(2,3)12-13(6,7)8-10(4,5)11;;;/h2*11H,8H2,1-7H3;2*1H;/q2*-1;;;+4/p-2. The molecule has 0 aromatic carbocycles. The monoisotopic (exact) mass is 564 g/mol. The number of halogens is 2. The molecule has 0 spiro atoms. The SMILES string of the molecule is CC(C)([NH-])C[Si](C)(C)OC(C)(C)C.CC(C)([NH-])C[Si](C)(C)OC(C)(C)C.[Cl-].[Cl-].[Zr+4]. The van der Waals surface area contributed by atoms with Crippen LogP contribution in [0.2, 0.25) is 38.3 Å². The molecule has 0 radical (unpaired) electrons. The van der Waals surface area contributed by atoms with Gasteiger partial charge in [-0.25, -0.2) is 0 Å². The van der Waals surface area contributed by atoms with E-state index in [1.807, 2.05) is 27.7 Å². The second kappa shape index (κ2) is 14.1. The largest absolute Gasteiger partial charge is 4.00 e. The maximum atomic E-state index is 7.85. The van der Waals surface area contributed by atoms with Crippen molar-refractivity contribution in [1.82, 2.24) is 0 Å². The van der Waals surface area contributed by atoms with Gasteiger partial charge in [0.25, 0.3) is 0 Å². The van der Waals surface area contributed by atoms with Crippen molar-refractivity contribution < 1.29 is 59.9 Å². The van der Waals surface area contributed by atoms with Crippen molar-refractivity contribution in [3.05, 3.63) is 11.5 Å². The molecule has 4 nitrogen and oxygen atoms in total. The molecule has 0 aromatic heterocycles. The van der Waals surface area contributed by atoms with Crippen molar-refractivity contribution in [1.29, 1.82) is 0 Å². The third-order valence-electron chi connectivity index (χ3n) is 2.90. The minimum absolute atomic E-state index is 0. The number of hydrogen-bond donors (Lipinski definition) is 0. The minimum atomic E-state index is -1.66. The summed E-state index contributed by atoms with van der Waals surface area (Å²) in [6.45, 7) is 29.1. The van der Waals surface area contributed by atoms with Gasteiger partial charge in [0, 0.05) is 11.2 Å². The maximum absolute atomic E-state index is 7.85.